The van der Waals surface area contributed by atoms with E-state index in [1.807, 2.05) is 0 Å². The summed E-state index contributed by atoms with van der Waals surface area (Å²) in [4.78, 5) is 0. The van der Waals surface area contributed by atoms with E-state index < -0.39 is 0 Å². The molecule has 2 rings (SSSR count). The quantitative estimate of drug-likeness (QED) is 0.600. The molecule has 1 N–H and O–H groups in total. The first-order chi connectivity index (χ1) is 7.54. The smallest absolute Gasteiger partial charge is 0.0577 e. The van der Waals surface area contributed by atoms with Crippen LogP contribution in [-0.4, -0.2) is 11.2 Å². The number of hydrogen-bond acceptors (Lipinski definition) is 1. The molecular formula is C15H30O. The van der Waals surface area contributed by atoms with Crippen LogP contribution in [0.2, 0.25) is 0 Å². The van der Waals surface area contributed by atoms with Crippen LogP contribution >= 0.6 is 0 Å². The van der Waals surface area contributed by atoms with Gasteiger partial charge in [0.05, 0.1) is 6.10 Å². The highest BCUT2D eigenvalue weighted by Crippen LogP contribution is 2.50. The Balaban J connectivity index is 0.000000583. The molecule has 16 heavy (non-hydrogen) atoms. The molecule has 3 atom stereocenters. The van der Waals surface area contributed by atoms with Gasteiger partial charge in [-0.1, -0.05) is 45.8 Å². The first-order valence-corrected chi connectivity index (χ1v) is 6.92. The molecule has 0 heterocycles. The van der Waals surface area contributed by atoms with Gasteiger partial charge in [-0.2, -0.15) is 0 Å². The fraction of sp³-hybridized carbons (Fsp3) is 0.867. The lowest BCUT2D eigenvalue weighted by Gasteiger charge is -2.45. The summed E-state index contributed by atoms with van der Waals surface area (Å²) in [7, 11) is 0. The summed E-state index contributed by atoms with van der Waals surface area (Å²) in [5.74, 6) is 0.806. The average Bonchev–Trinajstić information content (AvgIpc) is 2.23. The highest BCUT2D eigenvalue weighted by molar-refractivity contribution is 5.21. The minimum atomic E-state index is -0.0652. The molecule has 1 unspecified atom stereocenters. The Bertz CT molecular complexity index is 249. The molecule has 0 spiro atoms. The van der Waals surface area contributed by atoms with Crippen LogP contribution in [0.5, 0.6) is 0 Å². The number of hydrogen-bond donors (Lipinski definition) is 1. The van der Waals surface area contributed by atoms with Crippen molar-refractivity contribution in [2.45, 2.75) is 72.3 Å². The fourth-order valence-electron chi connectivity index (χ4n) is 2.92. The Morgan fingerprint density at radius 3 is 2.69 bits per heavy atom. The zero-order valence-electron chi connectivity index (χ0n) is 11.4. The molecule has 0 amide bonds. The SMILES string of the molecule is CC1CCC=C2C[C@@H](O)CC[C@@]21C.CCC.[HH]. The summed E-state index contributed by atoms with van der Waals surface area (Å²) >= 11 is 0. The van der Waals surface area contributed by atoms with Gasteiger partial charge in [-0.3, -0.25) is 0 Å². The number of aliphatic hydroxyl groups is 1. The van der Waals surface area contributed by atoms with Crippen molar-refractivity contribution in [2.24, 2.45) is 11.3 Å². The van der Waals surface area contributed by atoms with Gasteiger partial charge in [-0.05, 0) is 43.4 Å². The Kier molecular flexibility index (Phi) is 5.04. The van der Waals surface area contributed by atoms with E-state index in [9.17, 15) is 5.11 Å². The standard InChI is InChI=1S/C12H20O.C3H8.H2/c1-9-4-3-5-10-8-11(13)6-7-12(9,10)2;1-3-2;/h5,9,11,13H,3-4,6-8H2,1-2H3;3H2,1-2H3;1H/t9?,11-,12+;;/m0../s1. The van der Waals surface area contributed by atoms with Crippen LogP contribution < -0.4 is 0 Å². The fourth-order valence-corrected chi connectivity index (χ4v) is 2.92. The Morgan fingerprint density at radius 2 is 2.06 bits per heavy atom. The molecule has 0 aromatic carbocycles. The summed E-state index contributed by atoms with van der Waals surface area (Å²) in [6.45, 7) is 9.00. The maximum Gasteiger partial charge on any atom is 0.0577 e. The van der Waals surface area contributed by atoms with E-state index in [4.69, 9.17) is 0 Å². The molecule has 2 aliphatic carbocycles. The molecule has 0 radical (unpaired) electrons. The lowest BCUT2D eigenvalue weighted by molar-refractivity contribution is 0.0800. The predicted molar refractivity (Wildman–Crippen MR) is 72.5 cm³/mol. The molecule has 1 saturated carbocycles. The maximum absolute atomic E-state index is 9.61. The van der Waals surface area contributed by atoms with Crippen LogP contribution in [0, 0.1) is 11.3 Å². The first kappa shape index (κ1) is 13.8. The molecule has 2 aliphatic rings. The van der Waals surface area contributed by atoms with Crippen molar-refractivity contribution < 1.29 is 6.53 Å². The predicted octanol–water partition coefficient (Wildman–Crippen LogP) is 4.56. The molecular weight excluding hydrogens is 196 g/mol. The molecule has 1 fully saturated rings. The molecule has 0 aromatic heterocycles. The van der Waals surface area contributed by atoms with E-state index in [1.165, 1.54) is 31.3 Å². The number of allylic oxidation sites excluding steroid dienone is 1. The van der Waals surface area contributed by atoms with E-state index in [2.05, 4.69) is 33.8 Å². The second-order valence-electron chi connectivity index (χ2n) is 5.73. The summed E-state index contributed by atoms with van der Waals surface area (Å²) < 4.78 is 0. The van der Waals surface area contributed by atoms with Gasteiger partial charge < -0.3 is 5.11 Å². The number of fused-ring (bicyclic) bond motifs is 1. The summed E-state index contributed by atoms with van der Waals surface area (Å²) in [6, 6.07) is 0. The van der Waals surface area contributed by atoms with Crippen molar-refractivity contribution in [1.82, 2.24) is 0 Å². The highest BCUT2D eigenvalue weighted by atomic mass is 16.3. The minimum absolute atomic E-state index is 0. The molecule has 0 bridgehead atoms. The van der Waals surface area contributed by atoms with E-state index in [0.717, 1.165) is 18.8 Å². The van der Waals surface area contributed by atoms with Gasteiger partial charge in [-0.25, -0.2) is 0 Å². The minimum Gasteiger partial charge on any atom is -0.393 e. The van der Waals surface area contributed by atoms with Gasteiger partial charge >= 0.3 is 0 Å². The number of rotatable bonds is 0. The van der Waals surface area contributed by atoms with Crippen LogP contribution in [0.4, 0.5) is 0 Å². The van der Waals surface area contributed by atoms with E-state index in [-0.39, 0.29) is 7.53 Å². The van der Waals surface area contributed by atoms with Crippen molar-refractivity contribution in [3.63, 3.8) is 0 Å². The third-order valence-electron chi connectivity index (χ3n) is 4.26. The molecule has 0 saturated heterocycles. The van der Waals surface area contributed by atoms with Gasteiger partial charge in [0.1, 0.15) is 0 Å². The summed E-state index contributed by atoms with van der Waals surface area (Å²) in [5.41, 5.74) is 1.95. The first-order valence-electron chi connectivity index (χ1n) is 6.92. The maximum atomic E-state index is 9.61. The highest BCUT2D eigenvalue weighted by Gasteiger charge is 2.40. The molecule has 1 nitrogen and oxygen atoms in total. The zero-order valence-corrected chi connectivity index (χ0v) is 11.4. The number of aliphatic hydroxyl groups excluding tert-OH is 1. The van der Waals surface area contributed by atoms with Crippen LogP contribution in [0.15, 0.2) is 11.6 Å². The van der Waals surface area contributed by atoms with Crippen LogP contribution in [-0.2, 0) is 0 Å². The molecule has 1 heteroatoms. The average molecular weight is 226 g/mol. The monoisotopic (exact) mass is 226 g/mol. The van der Waals surface area contributed by atoms with Gasteiger partial charge in [0.25, 0.3) is 0 Å². The van der Waals surface area contributed by atoms with Gasteiger partial charge in [-0.15, -0.1) is 0 Å². The Labute approximate surface area is 102 Å². The van der Waals surface area contributed by atoms with Gasteiger partial charge in [0, 0.05) is 1.43 Å². The lowest BCUT2D eigenvalue weighted by atomic mass is 9.60. The van der Waals surface area contributed by atoms with E-state index in [0.29, 0.717) is 5.41 Å². The topological polar surface area (TPSA) is 20.2 Å². The second kappa shape index (κ2) is 5.86. The van der Waals surface area contributed by atoms with Crippen LogP contribution in [0.25, 0.3) is 0 Å². The Hall–Kier alpha value is -0.300. The largest absolute Gasteiger partial charge is 0.393 e. The normalized spacial score (nSPS) is 37.9. The van der Waals surface area contributed by atoms with Gasteiger partial charge in [0.15, 0.2) is 0 Å². The lowest BCUT2D eigenvalue weighted by Crippen LogP contribution is -2.36. The summed E-state index contributed by atoms with van der Waals surface area (Å²) in [6.07, 6.45) is 9.22. The third kappa shape index (κ3) is 2.88. The van der Waals surface area contributed by atoms with Crippen LogP contribution in [0.1, 0.15) is 67.6 Å². The van der Waals surface area contributed by atoms with E-state index >= 15 is 0 Å². The van der Waals surface area contributed by atoms with Crippen molar-refractivity contribution in [3.8, 4) is 0 Å². The molecule has 0 aromatic rings. The summed E-state index contributed by atoms with van der Waals surface area (Å²) in [5, 5.41) is 9.61. The van der Waals surface area contributed by atoms with Crippen molar-refractivity contribution in [1.29, 1.82) is 0 Å². The Morgan fingerprint density at radius 1 is 1.44 bits per heavy atom. The van der Waals surface area contributed by atoms with Crippen molar-refractivity contribution >= 4 is 0 Å². The zero-order chi connectivity index (χ0) is 12.2. The third-order valence-corrected chi connectivity index (χ3v) is 4.26. The van der Waals surface area contributed by atoms with Gasteiger partial charge in [0.2, 0.25) is 0 Å². The molecule has 96 valence electrons. The second-order valence-corrected chi connectivity index (χ2v) is 5.73. The van der Waals surface area contributed by atoms with Crippen molar-refractivity contribution in [2.75, 3.05) is 0 Å². The van der Waals surface area contributed by atoms with Crippen LogP contribution in [0.3, 0.4) is 0 Å². The molecule has 0 aliphatic heterocycles. The van der Waals surface area contributed by atoms with E-state index in [1.54, 1.807) is 0 Å². The van der Waals surface area contributed by atoms with Crippen molar-refractivity contribution in [3.05, 3.63) is 11.6 Å².